The first kappa shape index (κ1) is 16.7. The number of phenolic OH excluding ortho intramolecular Hbond substituents is 1. The van der Waals surface area contributed by atoms with E-state index in [1.165, 1.54) is 49.6 Å². The number of benzene rings is 2. The van der Waals surface area contributed by atoms with E-state index in [0.717, 1.165) is 0 Å². The number of non-ortho nitro benzene ring substituents is 1. The number of ketones is 1. The van der Waals surface area contributed by atoms with Crippen molar-refractivity contribution in [3.63, 3.8) is 0 Å². The highest BCUT2D eigenvalue weighted by Gasteiger charge is 2.09. The summed E-state index contributed by atoms with van der Waals surface area (Å²) in [7, 11) is 1.44. The fourth-order valence-electron chi connectivity index (χ4n) is 1.86. The number of hydrogen-bond donors (Lipinski definition) is 1. The molecule has 118 valence electrons. The summed E-state index contributed by atoms with van der Waals surface area (Å²) in [4.78, 5) is 22.1. The Hall–Kier alpha value is -2.67. The highest BCUT2D eigenvalue weighted by Crippen LogP contribution is 2.33. The Balaban J connectivity index is 2.21. The minimum absolute atomic E-state index is 0.0434. The second-order valence-electron chi connectivity index (χ2n) is 4.55. The first-order valence-corrected chi connectivity index (χ1v) is 7.25. The number of nitro groups is 1. The third-order valence-electron chi connectivity index (χ3n) is 3.08. The number of hydrogen-bond acceptors (Lipinski definition) is 5. The number of allylic oxidation sites excluding steroid dienone is 1. The molecule has 0 aliphatic heterocycles. The van der Waals surface area contributed by atoms with Crippen LogP contribution in [0, 0.1) is 10.1 Å². The van der Waals surface area contributed by atoms with E-state index in [2.05, 4.69) is 15.9 Å². The summed E-state index contributed by atoms with van der Waals surface area (Å²) in [5, 5.41) is 20.3. The van der Waals surface area contributed by atoms with Gasteiger partial charge in [0.15, 0.2) is 17.3 Å². The zero-order valence-corrected chi connectivity index (χ0v) is 13.6. The number of nitrogens with zero attached hydrogens (tertiary/aromatic N) is 1. The van der Waals surface area contributed by atoms with Crippen LogP contribution in [-0.4, -0.2) is 22.9 Å². The number of carbonyl (C=O) groups excluding carboxylic acids is 1. The summed E-state index contributed by atoms with van der Waals surface area (Å²) >= 11 is 3.33. The van der Waals surface area contributed by atoms with E-state index in [0.29, 0.717) is 21.3 Å². The van der Waals surface area contributed by atoms with Gasteiger partial charge in [-0.1, -0.05) is 15.9 Å². The topological polar surface area (TPSA) is 89.7 Å². The summed E-state index contributed by atoms with van der Waals surface area (Å²) in [5.74, 6) is -0.0315. The van der Waals surface area contributed by atoms with Gasteiger partial charge in [0.1, 0.15) is 0 Å². The first-order valence-electron chi connectivity index (χ1n) is 6.45. The van der Waals surface area contributed by atoms with Crippen molar-refractivity contribution in [2.75, 3.05) is 7.11 Å². The molecule has 1 N–H and O–H groups in total. The van der Waals surface area contributed by atoms with Crippen molar-refractivity contribution in [1.29, 1.82) is 0 Å². The molecule has 0 spiro atoms. The molecule has 0 aliphatic carbocycles. The third-order valence-corrected chi connectivity index (χ3v) is 3.76. The van der Waals surface area contributed by atoms with Crippen LogP contribution in [0.2, 0.25) is 0 Å². The van der Waals surface area contributed by atoms with Crippen molar-refractivity contribution >= 4 is 33.5 Å². The molecule has 0 fully saturated rings. The lowest BCUT2D eigenvalue weighted by molar-refractivity contribution is -0.384. The fourth-order valence-corrected chi connectivity index (χ4v) is 2.31. The van der Waals surface area contributed by atoms with Crippen molar-refractivity contribution in [2.24, 2.45) is 0 Å². The Morgan fingerprint density at radius 2 is 1.96 bits per heavy atom. The number of carbonyl (C=O) groups is 1. The van der Waals surface area contributed by atoms with Crippen molar-refractivity contribution in [3.8, 4) is 11.5 Å². The molecule has 6 nitrogen and oxygen atoms in total. The van der Waals surface area contributed by atoms with Crippen LogP contribution < -0.4 is 4.74 Å². The molecular weight excluding hydrogens is 366 g/mol. The van der Waals surface area contributed by atoms with Crippen LogP contribution >= 0.6 is 15.9 Å². The van der Waals surface area contributed by atoms with Gasteiger partial charge in [-0.3, -0.25) is 14.9 Å². The van der Waals surface area contributed by atoms with E-state index in [-0.39, 0.29) is 17.2 Å². The molecule has 0 aliphatic rings. The Morgan fingerprint density at radius 3 is 2.52 bits per heavy atom. The van der Waals surface area contributed by atoms with E-state index in [4.69, 9.17) is 4.74 Å². The minimum atomic E-state index is -0.526. The van der Waals surface area contributed by atoms with Gasteiger partial charge in [-0.25, -0.2) is 0 Å². The largest absolute Gasteiger partial charge is 0.504 e. The Morgan fingerprint density at radius 1 is 1.30 bits per heavy atom. The standard InChI is InChI=1S/C16H12BrNO5/c1-23-16-9-13(17)11(8-15(16)20)4-7-14(19)10-2-5-12(6-3-10)18(21)22/h2-9,20H,1H3/b7-4+. The maximum Gasteiger partial charge on any atom is 0.269 e. The molecule has 0 atom stereocenters. The van der Waals surface area contributed by atoms with Gasteiger partial charge in [-0.15, -0.1) is 0 Å². The summed E-state index contributed by atoms with van der Waals surface area (Å²) in [5.41, 5.74) is 0.854. The predicted octanol–water partition coefficient (Wildman–Crippen LogP) is 3.97. The maximum absolute atomic E-state index is 12.1. The first-order chi connectivity index (χ1) is 10.9. The third kappa shape index (κ3) is 3.95. The van der Waals surface area contributed by atoms with E-state index < -0.39 is 4.92 Å². The second-order valence-corrected chi connectivity index (χ2v) is 5.40. The average molecular weight is 378 g/mol. The van der Waals surface area contributed by atoms with Gasteiger partial charge in [0, 0.05) is 22.2 Å². The molecule has 0 heterocycles. The van der Waals surface area contributed by atoms with E-state index in [9.17, 15) is 20.0 Å². The Labute approximate surface area is 140 Å². The van der Waals surface area contributed by atoms with Crippen molar-refractivity contribution < 1.29 is 19.6 Å². The van der Waals surface area contributed by atoms with Crippen LogP contribution in [0.4, 0.5) is 5.69 Å². The van der Waals surface area contributed by atoms with E-state index in [1.807, 2.05) is 0 Å². The van der Waals surface area contributed by atoms with Crippen molar-refractivity contribution in [2.45, 2.75) is 0 Å². The smallest absolute Gasteiger partial charge is 0.269 e. The van der Waals surface area contributed by atoms with Crippen LogP contribution in [0.15, 0.2) is 46.9 Å². The molecule has 0 saturated carbocycles. The van der Waals surface area contributed by atoms with Gasteiger partial charge in [0.2, 0.25) is 0 Å². The van der Waals surface area contributed by atoms with Crippen LogP contribution in [-0.2, 0) is 0 Å². The number of ether oxygens (including phenoxy) is 1. The summed E-state index contributed by atoms with van der Waals surface area (Å²) in [6, 6.07) is 8.39. The van der Waals surface area contributed by atoms with Gasteiger partial charge in [0.05, 0.1) is 12.0 Å². The Bertz CT molecular complexity index is 784. The van der Waals surface area contributed by atoms with Crippen molar-refractivity contribution in [1.82, 2.24) is 0 Å². The minimum Gasteiger partial charge on any atom is -0.504 e. The molecule has 0 saturated heterocycles. The second kappa shape index (κ2) is 7.06. The number of rotatable bonds is 5. The van der Waals surface area contributed by atoms with E-state index in [1.54, 1.807) is 6.07 Å². The van der Waals surface area contributed by atoms with Gasteiger partial charge in [-0.2, -0.15) is 0 Å². The SMILES string of the molecule is COc1cc(Br)c(/C=C/C(=O)c2ccc([N+](=O)[O-])cc2)cc1O. The van der Waals surface area contributed by atoms with Gasteiger partial charge >= 0.3 is 0 Å². The van der Waals surface area contributed by atoms with Crippen LogP contribution in [0.1, 0.15) is 15.9 Å². The molecule has 2 aromatic carbocycles. The number of methoxy groups -OCH3 is 1. The molecule has 23 heavy (non-hydrogen) atoms. The number of nitro benzene ring substituents is 1. The van der Waals surface area contributed by atoms with Crippen LogP contribution in [0.5, 0.6) is 11.5 Å². The van der Waals surface area contributed by atoms with Crippen LogP contribution in [0.3, 0.4) is 0 Å². The Kier molecular flexibility index (Phi) is 5.13. The molecule has 0 unspecified atom stereocenters. The molecule has 0 bridgehead atoms. The summed E-state index contributed by atoms with van der Waals surface area (Å²) in [6.07, 6.45) is 2.86. The lowest BCUT2D eigenvalue weighted by Gasteiger charge is -2.06. The number of phenols is 1. The van der Waals surface area contributed by atoms with Gasteiger partial charge in [0.25, 0.3) is 5.69 Å². The zero-order chi connectivity index (χ0) is 17.0. The molecule has 0 aromatic heterocycles. The summed E-state index contributed by atoms with van der Waals surface area (Å²) < 4.78 is 5.63. The fraction of sp³-hybridized carbons (Fsp3) is 0.0625. The van der Waals surface area contributed by atoms with E-state index >= 15 is 0 Å². The molecular formula is C16H12BrNO5. The zero-order valence-electron chi connectivity index (χ0n) is 12.0. The normalized spacial score (nSPS) is 10.7. The van der Waals surface area contributed by atoms with Gasteiger partial charge < -0.3 is 9.84 Å². The maximum atomic E-state index is 12.1. The summed E-state index contributed by atoms with van der Waals surface area (Å²) in [6.45, 7) is 0. The van der Waals surface area contributed by atoms with Crippen molar-refractivity contribution in [3.05, 3.63) is 68.2 Å². The monoisotopic (exact) mass is 377 g/mol. The van der Waals surface area contributed by atoms with Crippen LogP contribution in [0.25, 0.3) is 6.08 Å². The van der Waals surface area contributed by atoms with Gasteiger partial charge in [-0.05, 0) is 42.0 Å². The average Bonchev–Trinajstić information content (AvgIpc) is 2.55. The number of halogens is 1. The lowest BCUT2D eigenvalue weighted by atomic mass is 10.1. The highest BCUT2D eigenvalue weighted by molar-refractivity contribution is 9.10. The number of aromatic hydroxyl groups is 1. The lowest BCUT2D eigenvalue weighted by Crippen LogP contribution is -1.95. The molecule has 0 radical (unpaired) electrons. The predicted molar refractivity (Wildman–Crippen MR) is 88.8 cm³/mol. The molecule has 7 heteroatoms. The molecule has 0 amide bonds. The molecule has 2 aromatic rings. The molecule has 2 rings (SSSR count). The highest BCUT2D eigenvalue weighted by atomic mass is 79.9. The quantitative estimate of drug-likeness (QED) is 0.368.